The van der Waals surface area contributed by atoms with Gasteiger partial charge in [-0.2, -0.15) is 0 Å². The highest BCUT2D eigenvalue weighted by atomic mass is 16.1. The molecule has 0 aromatic carbocycles. The first-order valence-electron chi connectivity index (χ1n) is 3.37. The maximum atomic E-state index is 10.3. The molecule has 0 amide bonds. The molecule has 1 saturated carbocycles. The van der Waals surface area contributed by atoms with Crippen LogP contribution in [-0.2, 0) is 4.79 Å². The van der Waals surface area contributed by atoms with Gasteiger partial charge in [0.2, 0.25) is 0 Å². The Morgan fingerprint density at radius 1 is 2.00 bits per heavy atom. The Balaban J connectivity index is 2.52. The highest BCUT2D eigenvalue weighted by Gasteiger charge is 2.52. The molecule has 0 spiro atoms. The van der Waals surface area contributed by atoms with Crippen LogP contribution in [0.2, 0.25) is 0 Å². The third-order valence-corrected chi connectivity index (χ3v) is 2.08. The van der Waals surface area contributed by atoms with E-state index in [0.717, 1.165) is 19.3 Å². The Hall–Kier alpha value is -0.810. The molecule has 1 N–H and O–H groups in total. The molecule has 2 heteroatoms. The molecule has 10 heavy (non-hydrogen) atoms. The minimum Gasteiger partial charge on any atom is -0.318 e. The molecule has 54 valence electrons. The smallest absolute Gasteiger partial charge is 0.124 e. The molecule has 0 aromatic rings. The summed E-state index contributed by atoms with van der Waals surface area (Å²) in [4.78, 5) is 10.3. The zero-order valence-corrected chi connectivity index (χ0v) is 6.05. The quantitative estimate of drug-likeness (QED) is 0.439. The van der Waals surface area contributed by atoms with Crippen molar-refractivity contribution in [3.63, 3.8) is 0 Å². The second kappa shape index (κ2) is 2.43. The molecule has 2 unspecified atom stereocenters. The number of rotatable bonds is 3. The fourth-order valence-corrected chi connectivity index (χ4v) is 1.25. The Kier molecular flexibility index (Phi) is 1.78. The van der Waals surface area contributed by atoms with Crippen LogP contribution < -0.4 is 5.32 Å². The predicted molar refractivity (Wildman–Crippen MR) is 39.4 cm³/mol. The van der Waals surface area contributed by atoms with Crippen molar-refractivity contribution in [2.24, 2.45) is 11.3 Å². The Bertz CT molecular complexity index is 182. The molecule has 0 saturated heterocycles. The van der Waals surface area contributed by atoms with Gasteiger partial charge in [-0.25, -0.2) is 0 Å². The number of nitrogens with one attached hydrogen (secondary N) is 1. The van der Waals surface area contributed by atoms with Crippen molar-refractivity contribution in [1.29, 1.82) is 0 Å². The van der Waals surface area contributed by atoms with E-state index in [2.05, 4.69) is 11.2 Å². The van der Waals surface area contributed by atoms with E-state index >= 15 is 0 Å². The van der Waals surface area contributed by atoms with Crippen LogP contribution in [-0.4, -0.2) is 19.9 Å². The molecule has 1 aliphatic carbocycles. The average molecular weight is 137 g/mol. The highest BCUT2D eigenvalue weighted by Crippen LogP contribution is 2.49. The van der Waals surface area contributed by atoms with E-state index < -0.39 is 0 Å². The average Bonchev–Trinajstić information content (AvgIpc) is 2.65. The van der Waals surface area contributed by atoms with E-state index in [1.165, 1.54) is 0 Å². The van der Waals surface area contributed by atoms with E-state index in [1.807, 2.05) is 7.05 Å². The molecule has 1 fully saturated rings. The minimum atomic E-state index is -0.142. The van der Waals surface area contributed by atoms with Crippen LogP contribution in [0.15, 0.2) is 0 Å². The van der Waals surface area contributed by atoms with Gasteiger partial charge in [0.15, 0.2) is 0 Å². The van der Waals surface area contributed by atoms with Gasteiger partial charge in [-0.3, -0.25) is 0 Å². The van der Waals surface area contributed by atoms with Crippen LogP contribution in [0.4, 0.5) is 0 Å². The summed E-state index contributed by atoms with van der Waals surface area (Å²) < 4.78 is 0. The number of hydrogen-bond donors (Lipinski definition) is 1. The molecule has 1 rings (SSSR count). The maximum Gasteiger partial charge on any atom is 0.124 e. The van der Waals surface area contributed by atoms with Crippen LogP contribution in [0, 0.1) is 23.7 Å². The van der Waals surface area contributed by atoms with Crippen LogP contribution in [0.25, 0.3) is 0 Å². The van der Waals surface area contributed by atoms with Gasteiger partial charge < -0.3 is 10.1 Å². The lowest BCUT2D eigenvalue weighted by molar-refractivity contribution is -0.109. The van der Waals surface area contributed by atoms with Crippen molar-refractivity contribution in [3.8, 4) is 12.3 Å². The van der Waals surface area contributed by atoms with E-state index in [-0.39, 0.29) is 11.3 Å². The van der Waals surface area contributed by atoms with Crippen LogP contribution >= 0.6 is 0 Å². The Morgan fingerprint density at radius 3 is 3.00 bits per heavy atom. The van der Waals surface area contributed by atoms with Crippen molar-refractivity contribution in [2.75, 3.05) is 13.6 Å². The van der Waals surface area contributed by atoms with E-state index in [0.29, 0.717) is 0 Å². The molecule has 0 radical (unpaired) electrons. The zero-order valence-electron chi connectivity index (χ0n) is 6.05. The highest BCUT2D eigenvalue weighted by molar-refractivity contribution is 5.62. The molecule has 0 aliphatic heterocycles. The molecule has 0 aromatic heterocycles. The minimum absolute atomic E-state index is 0.102. The standard InChI is InChI=1S/C8H11NO/c1-3-8(6-9-2)4-7(8)5-10/h1,5,7,9H,4,6H2,2H3. The molecule has 2 nitrogen and oxygen atoms in total. The van der Waals surface area contributed by atoms with Gasteiger partial charge in [-0.1, -0.05) is 5.92 Å². The van der Waals surface area contributed by atoms with Gasteiger partial charge in [0, 0.05) is 12.5 Å². The lowest BCUT2D eigenvalue weighted by Crippen LogP contribution is -2.20. The fraction of sp³-hybridized carbons (Fsp3) is 0.625. The van der Waals surface area contributed by atoms with Gasteiger partial charge in [-0.15, -0.1) is 6.42 Å². The molecular weight excluding hydrogens is 126 g/mol. The van der Waals surface area contributed by atoms with Crippen LogP contribution in [0.1, 0.15) is 6.42 Å². The van der Waals surface area contributed by atoms with Crippen molar-refractivity contribution in [2.45, 2.75) is 6.42 Å². The normalized spacial score (nSPS) is 36.6. The number of aldehydes is 1. The first-order chi connectivity index (χ1) is 4.79. The third-order valence-electron chi connectivity index (χ3n) is 2.08. The Labute approximate surface area is 61.0 Å². The van der Waals surface area contributed by atoms with Crippen molar-refractivity contribution < 1.29 is 4.79 Å². The summed E-state index contributed by atoms with van der Waals surface area (Å²) in [5.74, 6) is 2.76. The molecule has 2 atom stereocenters. The lowest BCUT2D eigenvalue weighted by Gasteiger charge is -2.05. The number of carbonyl (C=O) groups excluding carboxylic acids is 1. The summed E-state index contributed by atoms with van der Waals surface area (Å²) in [6.45, 7) is 0.757. The van der Waals surface area contributed by atoms with Crippen molar-refractivity contribution >= 4 is 6.29 Å². The van der Waals surface area contributed by atoms with Crippen molar-refractivity contribution in [3.05, 3.63) is 0 Å². The molecule has 1 aliphatic rings. The van der Waals surface area contributed by atoms with Crippen LogP contribution in [0.5, 0.6) is 0 Å². The van der Waals surface area contributed by atoms with Crippen molar-refractivity contribution in [1.82, 2.24) is 5.32 Å². The summed E-state index contributed by atoms with van der Waals surface area (Å²) in [6.07, 6.45) is 7.08. The first-order valence-corrected chi connectivity index (χ1v) is 3.37. The summed E-state index contributed by atoms with van der Waals surface area (Å²) >= 11 is 0. The number of carbonyl (C=O) groups is 1. The molecule has 0 bridgehead atoms. The first kappa shape index (κ1) is 7.30. The summed E-state index contributed by atoms with van der Waals surface area (Å²) in [5.41, 5.74) is -0.142. The van der Waals surface area contributed by atoms with Gasteiger partial charge in [0.1, 0.15) is 6.29 Å². The maximum absolute atomic E-state index is 10.3. The number of terminal acetylenes is 1. The van der Waals surface area contributed by atoms with Gasteiger partial charge >= 0.3 is 0 Å². The third kappa shape index (κ3) is 0.932. The van der Waals surface area contributed by atoms with Gasteiger partial charge in [0.05, 0.1) is 5.41 Å². The van der Waals surface area contributed by atoms with E-state index in [1.54, 1.807) is 0 Å². The van der Waals surface area contributed by atoms with Gasteiger partial charge in [-0.05, 0) is 13.5 Å². The SMILES string of the molecule is C#CC1(CNC)CC1C=O. The predicted octanol–water partition coefficient (Wildman–Crippen LogP) is 0.0442. The summed E-state index contributed by atoms with van der Waals surface area (Å²) in [5, 5.41) is 2.98. The van der Waals surface area contributed by atoms with Gasteiger partial charge in [0.25, 0.3) is 0 Å². The van der Waals surface area contributed by atoms with E-state index in [4.69, 9.17) is 6.42 Å². The topological polar surface area (TPSA) is 29.1 Å². The lowest BCUT2D eigenvalue weighted by atomic mass is 10.1. The van der Waals surface area contributed by atoms with E-state index in [9.17, 15) is 4.79 Å². The van der Waals surface area contributed by atoms with Crippen LogP contribution in [0.3, 0.4) is 0 Å². The Morgan fingerprint density at radius 2 is 2.70 bits per heavy atom. The monoisotopic (exact) mass is 137 g/mol. The number of hydrogen-bond acceptors (Lipinski definition) is 2. The zero-order chi connectivity index (χ0) is 7.61. The summed E-state index contributed by atoms with van der Waals surface area (Å²) in [7, 11) is 1.85. The largest absolute Gasteiger partial charge is 0.318 e. The second-order valence-corrected chi connectivity index (χ2v) is 2.78. The second-order valence-electron chi connectivity index (χ2n) is 2.78. The fourth-order valence-electron chi connectivity index (χ4n) is 1.25. The molecular formula is C8H11NO. The summed E-state index contributed by atoms with van der Waals surface area (Å²) in [6, 6.07) is 0. The molecule has 0 heterocycles.